The monoisotopic (exact) mass is 326 g/mol. The molecule has 1 N–H and O–H groups in total. The van der Waals surface area contributed by atoms with E-state index in [2.05, 4.69) is 10.3 Å². The fraction of sp³-hybridized carbons (Fsp3) is 0.571. The number of nitrogens with zero attached hydrogens (tertiary/aromatic N) is 3. The van der Waals surface area contributed by atoms with Crippen LogP contribution in [0.3, 0.4) is 0 Å². The first-order valence-corrected chi connectivity index (χ1v) is 7.53. The van der Waals surface area contributed by atoms with E-state index < -0.39 is 0 Å². The highest BCUT2D eigenvalue weighted by atomic mass is 32.1. The molecule has 0 unspecified atom stereocenters. The molecule has 22 heavy (non-hydrogen) atoms. The van der Waals surface area contributed by atoms with Gasteiger partial charge < -0.3 is 10.1 Å². The minimum Gasteiger partial charge on any atom is -0.466 e. The minimum atomic E-state index is -0.234. The largest absolute Gasteiger partial charge is 0.466 e. The second-order valence-electron chi connectivity index (χ2n) is 4.63. The Labute approximate surface area is 134 Å². The summed E-state index contributed by atoms with van der Waals surface area (Å²) in [6, 6.07) is 0. The standard InChI is InChI=1S/C14H22N4O3S/c1-5-15-12-11(13(22)18(4)14(20)17(12)3)16-9-7-8-10(19)21-6-2/h5,16H,6-9H2,1-4H3/b15-5-. The number of hydrogen-bond acceptors (Lipinski definition) is 6. The average molecular weight is 326 g/mol. The molecule has 0 atom stereocenters. The molecule has 0 radical (unpaired) electrons. The lowest BCUT2D eigenvalue weighted by molar-refractivity contribution is -0.143. The van der Waals surface area contributed by atoms with Gasteiger partial charge in [0.2, 0.25) is 0 Å². The molecule has 7 nitrogen and oxygen atoms in total. The first-order chi connectivity index (χ1) is 10.4. The van der Waals surface area contributed by atoms with Gasteiger partial charge in [0.25, 0.3) is 0 Å². The van der Waals surface area contributed by atoms with E-state index >= 15 is 0 Å². The normalized spacial score (nSPS) is 10.9. The molecule has 1 aromatic rings. The van der Waals surface area contributed by atoms with Crippen molar-refractivity contribution in [2.24, 2.45) is 19.1 Å². The van der Waals surface area contributed by atoms with E-state index in [0.29, 0.717) is 42.1 Å². The van der Waals surface area contributed by atoms with Crippen LogP contribution >= 0.6 is 12.2 Å². The van der Waals surface area contributed by atoms with Gasteiger partial charge in [-0.2, -0.15) is 0 Å². The number of ether oxygens (including phenoxy) is 1. The smallest absolute Gasteiger partial charge is 0.330 e. The summed E-state index contributed by atoms with van der Waals surface area (Å²) in [5, 5.41) is 3.17. The van der Waals surface area contributed by atoms with Gasteiger partial charge in [-0.15, -0.1) is 0 Å². The van der Waals surface area contributed by atoms with Gasteiger partial charge in [-0.3, -0.25) is 13.9 Å². The third-order valence-electron chi connectivity index (χ3n) is 3.05. The summed E-state index contributed by atoms with van der Waals surface area (Å²) < 4.78 is 8.08. The molecule has 0 aliphatic heterocycles. The number of hydrogen-bond donors (Lipinski definition) is 1. The summed E-state index contributed by atoms with van der Waals surface area (Å²) in [5.74, 6) is 0.257. The molecule has 1 rings (SSSR count). The molecular weight excluding hydrogens is 304 g/mol. The molecule has 8 heteroatoms. The van der Waals surface area contributed by atoms with Crippen LogP contribution in [-0.4, -0.2) is 34.5 Å². The van der Waals surface area contributed by atoms with E-state index in [4.69, 9.17) is 17.0 Å². The zero-order valence-corrected chi connectivity index (χ0v) is 14.2. The molecule has 0 aliphatic rings. The third-order valence-corrected chi connectivity index (χ3v) is 3.53. The Morgan fingerprint density at radius 1 is 1.41 bits per heavy atom. The summed E-state index contributed by atoms with van der Waals surface area (Å²) in [4.78, 5) is 27.5. The summed E-state index contributed by atoms with van der Waals surface area (Å²) >= 11 is 5.31. The van der Waals surface area contributed by atoms with Crippen LogP contribution in [-0.2, 0) is 23.6 Å². The van der Waals surface area contributed by atoms with E-state index in [1.165, 1.54) is 9.13 Å². The maximum absolute atomic E-state index is 12.0. The third kappa shape index (κ3) is 4.27. The van der Waals surface area contributed by atoms with Crippen LogP contribution in [0, 0.1) is 4.64 Å². The number of aromatic nitrogens is 2. The molecule has 0 spiro atoms. The average Bonchev–Trinajstić information content (AvgIpc) is 2.49. The van der Waals surface area contributed by atoms with E-state index in [1.807, 2.05) is 0 Å². The summed E-state index contributed by atoms with van der Waals surface area (Å²) in [6.07, 6.45) is 2.54. The number of rotatable bonds is 7. The van der Waals surface area contributed by atoms with Crippen LogP contribution in [0.25, 0.3) is 0 Å². The van der Waals surface area contributed by atoms with Gasteiger partial charge in [0.15, 0.2) is 5.82 Å². The second kappa shape index (κ2) is 8.47. The summed E-state index contributed by atoms with van der Waals surface area (Å²) in [6.45, 7) is 4.46. The molecule has 122 valence electrons. The van der Waals surface area contributed by atoms with Gasteiger partial charge in [0.1, 0.15) is 10.3 Å². The van der Waals surface area contributed by atoms with Crippen LogP contribution < -0.4 is 11.0 Å². The quantitative estimate of drug-likeness (QED) is 0.358. The van der Waals surface area contributed by atoms with E-state index in [-0.39, 0.29) is 11.7 Å². The number of carbonyl (C=O) groups excluding carboxylic acids is 1. The zero-order chi connectivity index (χ0) is 16.7. The maximum atomic E-state index is 12.0. The Bertz CT molecular complexity index is 676. The van der Waals surface area contributed by atoms with Crippen LogP contribution in [0.4, 0.5) is 11.5 Å². The Morgan fingerprint density at radius 3 is 2.68 bits per heavy atom. The van der Waals surface area contributed by atoms with Gasteiger partial charge in [-0.25, -0.2) is 9.79 Å². The van der Waals surface area contributed by atoms with Gasteiger partial charge >= 0.3 is 11.7 Å². The van der Waals surface area contributed by atoms with Crippen molar-refractivity contribution in [3.8, 4) is 0 Å². The van der Waals surface area contributed by atoms with Crippen LogP contribution in [0.1, 0.15) is 26.7 Å². The Morgan fingerprint density at radius 2 is 2.09 bits per heavy atom. The maximum Gasteiger partial charge on any atom is 0.330 e. The summed E-state index contributed by atoms with van der Waals surface area (Å²) in [5.41, 5.74) is 0.379. The Balaban J connectivity index is 2.93. The van der Waals surface area contributed by atoms with Gasteiger partial charge in [0, 0.05) is 33.3 Å². The van der Waals surface area contributed by atoms with Crippen molar-refractivity contribution in [2.45, 2.75) is 26.7 Å². The number of aliphatic imine (C=N–C) groups is 1. The van der Waals surface area contributed by atoms with Crippen LogP contribution in [0.5, 0.6) is 0 Å². The lowest BCUT2D eigenvalue weighted by Crippen LogP contribution is -2.28. The lowest BCUT2D eigenvalue weighted by atomic mass is 10.3. The number of nitrogens with one attached hydrogen (secondary N) is 1. The highest BCUT2D eigenvalue weighted by Crippen LogP contribution is 2.23. The molecule has 0 aliphatic carbocycles. The van der Waals surface area contributed by atoms with Crippen molar-refractivity contribution in [2.75, 3.05) is 18.5 Å². The van der Waals surface area contributed by atoms with Gasteiger partial charge in [-0.1, -0.05) is 12.2 Å². The van der Waals surface area contributed by atoms with Crippen LogP contribution in [0.2, 0.25) is 0 Å². The lowest BCUT2D eigenvalue weighted by Gasteiger charge is -2.14. The highest BCUT2D eigenvalue weighted by Gasteiger charge is 2.12. The molecule has 0 saturated carbocycles. The predicted octanol–water partition coefficient (Wildman–Crippen LogP) is 1.93. The summed E-state index contributed by atoms with van der Waals surface area (Å²) in [7, 11) is 3.26. The van der Waals surface area contributed by atoms with E-state index in [1.54, 1.807) is 34.2 Å². The van der Waals surface area contributed by atoms with E-state index in [9.17, 15) is 9.59 Å². The van der Waals surface area contributed by atoms with Crippen LogP contribution in [0.15, 0.2) is 9.79 Å². The molecule has 0 amide bonds. The number of esters is 1. The second-order valence-corrected chi connectivity index (χ2v) is 5.01. The Kier molecular flexibility index (Phi) is 6.97. The topological polar surface area (TPSA) is 77.6 Å². The van der Waals surface area contributed by atoms with Gasteiger partial charge in [0.05, 0.1) is 6.61 Å². The van der Waals surface area contributed by atoms with Crippen molar-refractivity contribution in [3.63, 3.8) is 0 Å². The number of anilines is 1. The molecule has 0 saturated heterocycles. The molecule has 0 bridgehead atoms. The van der Waals surface area contributed by atoms with Crippen molar-refractivity contribution in [1.29, 1.82) is 0 Å². The molecule has 1 aromatic heterocycles. The first-order valence-electron chi connectivity index (χ1n) is 7.12. The predicted molar refractivity (Wildman–Crippen MR) is 89.7 cm³/mol. The SMILES string of the molecule is C/C=N\c1c(NCCCC(=O)OCC)c(=S)n(C)c(=O)n1C. The van der Waals surface area contributed by atoms with Crippen molar-refractivity contribution < 1.29 is 9.53 Å². The number of carbonyl (C=O) groups is 1. The molecular formula is C14H22N4O3S. The van der Waals surface area contributed by atoms with Crippen molar-refractivity contribution in [3.05, 3.63) is 15.1 Å². The van der Waals surface area contributed by atoms with Crippen molar-refractivity contribution >= 4 is 35.9 Å². The molecule has 0 aromatic carbocycles. The van der Waals surface area contributed by atoms with E-state index in [0.717, 1.165) is 0 Å². The van der Waals surface area contributed by atoms with Crippen molar-refractivity contribution in [1.82, 2.24) is 9.13 Å². The minimum absolute atomic E-state index is 0.222. The fourth-order valence-electron chi connectivity index (χ4n) is 1.94. The Hall–Kier alpha value is -1.96. The van der Waals surface area contributed by atoms with Gasteiger partial charge in [-0.05, 0) is 20.3 Å². The first kappa shape index (κ1) is 18.1. The zero-order valence-electron chi connectivity index (χ0n) is 13.4. The molecule has 1 heterocycles. The molecule has 0 fully saturated rings. The fourth-order valence-corrected chi connectivity index (χ4v) is 2.18. The highest BCUT2D eigenvalue weighted by molar-refractivity contribution is 7.71.